The molecule has 1 fully saturated rings. The molecule has 0 heterocycles. The molecular weight excluding hydrogens is 262 g/mol. The van der Waals surface area contributed by atoms with Crippen LogP contribution >= 0.6 is 23.4 Å². The lowest BCUT2D eigenvalue weighted by Crippen LogP contribution is -2.25. The smallest absolute Gasteiger partial charge is 0.0406 e. The minimum atomic E-state index is 0.524. The Bertz CT molecular complexity index is 361. The van der Waals surface area contributed by atoms with Gasteiger partial charge in [-0.1, -0.05) is 30.7 Å². The van der Waals surface area contributed by atoms with Crippen LogP contribution in [0.15, 0.2) is 24.3 Å². The van der Waals surface area contributed by atoms with Crippen LogP contribution in [0.5, 0.6) is 0 Å². The summed E-state index contributed by atoms with van der Waals surface area (Å²) in [5.41, 5.74) is 1.39. The molecule has 0 amide bonds. The Balaban J connectivity index is 1.90. The third-order valence-corrected chi connectivity index (χ3v) is 4.93. The van der Waals surface area contributed by atoms with Gasteiger partial charge in [-0.05, 0) is 55.7 Å². The molecule has 18 heavy (non-hydrogen) atoms. The zero-order valence-corrected chi connectivity index (χ0v) is 12.7. The van der Waals surface area contributed by atoms with Crippen LogP contribution in [0.1, 0.15) is 37.8 Å². The van der Waals surface area contributed by atoms with Gasteiger partial charge >= 0.3 is 0 Å². The fourth-order valence-corrected chi connectivity index (χ4v) is 2.70. The first-order chi connectivity index (χ1) is 8.70. The van der Waals surface area contributed by atoms with E-state index < -0.39 is 0 Å². The third-order valence-electron chi connectivity index (χ3n) is 3.64. The Morgan fingerprint density at radius 3 is 2.56 bits per heavy atom. The van der Waals surface area contributed by atoms with Crippen molar-refractivity contribution in [2.75, 3.05) is 12.8 Å². The van der Waals surface area contributed by atoms with E-state index in [1.54, 1.807) is 0 Å². The number of hydrogen-bond acceptors (Lipinski definition) is 2. The Labute approximate surface area is 120 Å². The van der Waals surface area contributed by atoms with Crippen LogP contribution in [0, 0.1) is 5.92 Å². The van der Waals surface area contributed by atoms with Crippen LogP contribution in [0.25, 0.3) is 0 Å². The van der Waals surface area contributed by atoms with E-state index in [0.29, 0.717) is 6.04 Å². The SMILES string of the molecule is CSC(C)CCNC(c1ccc(Cl)cc1)C1CC1. The van der Waals surface area contributed by atoms with Crippen molar-refractivity contribution < 1.29 is 0 Å². The number of thioether (sulfide) groups is 1. The highest BCUT2D eigenvalue weighted by molar-refractivity contribution is 7.99. The van der Waals surface area contributed by atoms with Gasteiger partial charge < -0.3 is 5.32 Å². The van der Waals surface area contributed by atoms with E-state index in [-0.39, 0.29) is 0 Å². The lowest BCUT2D eigenvalue weighted by molar-refractivity contribution is 0.475. The summed E-state index contributed by atoms with van der Waals surface area (Å²) < 4.78 is 0. The summed E-state index contributed by atoms with van der Waals surface area (Å²) in [4.78, 5) is 0. The monoisotopic (exact) mass is 283 g/mol. The Morgan fingerprint density at radius 2 is 2.00 bits per heavy atom. The van der Waals surface area contributed by atoms with Gasteiger partial charge in [0.05, 0.1) is 0 Å². The van der Waals surface area contributed by atoms with E-state index in [1.165, 1.54) is 24.8 Å². The van der Waals surface area contributed by atoms with Gasteiger partial charge in [0.15, 0.2) is 0 Å². The van der Waals surface area contributed by atoms with Crippen LogP contribution < -0.4 is 5.32 Å². The summed E-state index contributed by atoms with van der Waals surface area (Å²) in [5.74, 6) is 0.829. The summed E-state index contributed by atoms with van der Waals surface area (Å²) >= 11 is 7.89. The second-order valence-electron chi connectivity index (χ2n) is 5.16. The van der Waals surface area contributed by atoms with Gasteiger partial charge in [0.2, 0.25) is 0 Å². The molecule has 0 radical (unpaired) electrons. The van der Waals surface area contributed by atoms with Crippen LogP contribution in [-0.2, 0) is 0 Å². The number of hydrogen-bond donors (Lipinski definition) is 1. The number of halogens is 1. The molecule has 100 valence electrons. The van der Waals surface area contributed by atoms with Crippen LogP contribution in [0.2, 0.25) is 5.02 Å². The van der Waals surface area contributed by atoms with Crippen LogP contribution in [0.3, 0.4) is 0 Å². The van der Waals surface area contributed by atoms with E-state index in [2.05, 4.69) is 30.6 Å². The Morgan fingerprint density at radius 1 is 1.33 bits per heavy atom. The lowest BCUT2D eigenvalue weighted by atomic mass is 10.0. The molecule has 0 bridgehead atoms. The van der Waals surface area contributed by atoms with Gasteiger partial charge in [-0.2, -0.15) is 11.8 Å². The topological polar surface area (TPSA) is 12.0 Å². The fraction of sp³-hybridized carbons (Fsp3) is 0.600. The predicted octanol–water partition coefficient (Wildman–Crippen LogP) is 4.52. The average Bonchev–Trinajstić information content (AvgIpc) is 3.20. The molecule has 2 atom stereocenters. The highest BCUT2D eigenvalue weighted by Gasteiger charge is 2.31. The van der Waals surface area contributed by atoms with E-state index in [0.717, 1.165) is 22.7 Å². The van der Waals surface area contributed by atoms with Crippen molar-refractivity contribution >= 4 is 23.4 Å². The quantitative estimate of drug-likeness (QED) is 0.789. The molecule has 1 aromatic rings. The molecule has 0 aromatic heterocycles. The van der Waals surface area contributed by atoms with Gasteiger partial charge in [-0.3, -0.25) is 0 Å². The second-order valence-corrected chi connectivity index (χ2v) is 6.87. The Hall–Kier alpha value is -0.180. The van der Waals surface area contributed by atoms with Crippen molar-refractivity contribution in [1.29, 1.82) is 0 Å². The first-order valence-electron chi connectivity index (χ1n) is 6.72. The second kappa shape index (κ2) is 6.83. The molecular formula is C15H22ClNS. The molecule has 1 aromatic carbocycles. The first-order valence-corrected chi connectivity index (χ1v) is 8.39. The molecule has 1 saturated carbocycles. The molecule has 0 saturated heterocycles. The summed E-state index contributed by atoms with van der Waals surface area (Å²) in [7, 11) is 0. The summed E-state index contributed by atoms with van der Waals surface area (Å²) in [6.07, 6.45) is 6.14. The van der Waals surface area contributed by atoms with E-state index >= 15 is 0 Å². The normalized spacial score (nSPS) is 18.6. The van der Waals surface area contributed by atoms with E-state index in [9.17, 15) is 0 Å². The lowest BCUT2D eigenvalue weighted by Gasteiger charge is -2.20. The predicted molar refractivity (Wildman–Crippen MR) is 82.5 cm³/mol. The maximum Gasteiger partial charge on any atom is 0.0406 e. The van der Waals surface area contributed by atoms with Crippen LogP contribution in [0.4, 0.5) is 0 Å². The van der Waals surface area contributed by atoms with Gasteiger partial charge in [-0.15, -0.1) is 0 Å². The fourth-order valence-electron chi connectivity index (χ4n) is 2.22. The van der Waals surface area contributed by atoms with Crippen molar-refractivity contribution in [3.63, 3.8) is 0 Å². The molecule has 0 spiro atoms. The third kappa shape index (κ3) is 4.18. The minimum Gasteiger partial charge on any atom is -0.310 e. The standard InChI is InChI=1S/C15H22ClNS/c1-11(18-2)9-10-17-15(12-3-4-12)13-5-7-14(16)8-6-13/h5-8,11-12,15,17H,3-4,9-10H2,1-2H3. The van der Waals surface area contributed by atoms with Gasteiger partial charge in [0.1, 0.15) is 0 Å². The molecule has 1 aliphatic rings. The highest BCUT2D eigenvalue weighted by atomic mass is 35.5. The van der Waals surface area contributed by atoms with Crippen LogP contribution in [-0.4, -0.2) is 18.1 Å². The van der Waals surface area contributed by atoms with Gasteiger partial charge in [-0.25, -0.2) is 0 Å². The maximum absolute atomic E-state index is 5.95. The van der Waals surface area contributed by atoms with Crippen molar-refractivity contribution in [1.82, 2.24) is 5.32 Å². The van der Waals surface area contributed by atoms with Crippen molar-refractivity contribution in [3.05, 3.63) is 34.9 Å². The van der Waals surface area contributed by atoms with Crippen molar-refractivity contribution in [2.45, 2.75) is 37.5 Å². The minimum absolute atomic E-state index is 0.524. The van der Waals surface area contributed by atoms with E-state index in [1.807, 2.05) is 23.9 Å². The zero-order valence-electron chi connectivity index (χ0n) is 11.2. The molecule has 0 aliphatic heterocycles. The molecule has 1 aliphatic carbocycles. The first kappa shape index (κ1) is 14.2. The van der Waals surface area contributed by atoms with E-state index in [4.69, 9.17) is 11.6 Å². The molecule has 3 heteroatoms. The number of benzene rings is 1. The summed E-state index contributed by atoms with van der Waals surface area (Å²) in [6.45, 7) is 3.40. The van der Waals surface area contributed by atoms with Gasteiger partial charge in [0.25, 0.3) is 0 Å². The largest absolute Gasteiger partial charge is 0.310 e. The zero-order chi connectivity index (χ0) is 13.0. The van der Waals surface area contributed by atoms with Crippen molar-refractivity contribution in [3.8, 4) is 0 Å². The highest BCUT2D eigenvalue weighted by Crippen LogP contribution is 2.41. The number of rotatable bonds is 7. The van der Waals surface area contributed by atoms with Crippen molar-refractivity contribution in [2.24, 2.45) is 5.92 Å². The molecule has 1 N–H and O–H groups in total. The Kier molecular flexibility index (Phi) is 5.40. The molecule has 1 nitrogen and oxygen atoms in total. The average molecular weight is 284 g/mol. The molecule has 2 unspecified atom stereocenters. The number of nitrogens with one attached hydrogen (secondary N) is 1. The summed E-state index contributed by atoms with van der Waals surface area (Å²) in [6, 6.07) is 8.85. The molecule has 2 rings (SSSR count). The summed E-state index contributed by atoms with van der Waals surface area (Å²) in [5, 5.41) is 5.29. The van der Waals surface area contributed by atoms with Gasteiger partial charge in [0, 0.05) is 16.3 Å². The maximum atomic E-state index is 5.95.